The van der Waals surface area contributed by atoms with Gasteiger partial charge in [0.1, 0.15) is 5.37 Å². The first kappa shape index (κ1) is 8.96. The number of sulfonamides is 1. The van der Waals surface area contributed by atoms with Crippen LogP contribution in [0.15, 0.2) is 0 Å². The van der Waals surface area contributed by atoms with E-state index >= 15 is 0 Å². The largest absolute Gasteiger partial charge is 0.286 e. The lowest BCUT2D eigenvalue weighted by Gasteiger charge is -2.20. The Kier molecular flexibility index (Phi) is 2.51. The molecule has 0 saturated carbocycles. The minimum Gasteiger partial charge on any atom is -0.286 e. The predicted molar refractivity (Wildman–Crippen MR) is 43.4 cm³/mol. The molecule has 11 heavy (non-hydrogen) atoms. The van der Waals surface area contributed by atoms with Gasteiger partial charge in [0.25, 0.3) is 0 Å². The summed E-state index contributed by atoms with van der Waals surface area (Å²) in [5.74, 6) is 0. The van der Waals surface area contributed by atoms with E-state index in [-0.39, 0.29) is 0 Å². The molecule has 0 aromatic carbocycles. The molecular weight excluding hydrogens is 164 g/mol. The van der Waals surface area contributed by atoms with Gasteiger partial charge >= 0.3 is 0 Å². The molecule has 0 radical (unpaired) electrons. The molecule has 0 spiro atoms. The molecule has 5 heteroatoms. The Balaban J connectivity index is 2.60. The van der Waals surface area contributed by atoms with E-state index in [0.717, 1.165) is 25.9 Å². The third-order valence-electron chi connectivity index (χ3n) is 2.13. The van der Waals surface area contributed by atoms with E-state index in [1.165, 1.54) is 0 Å². The molecule has 0 amide bonds. The van der Waals surface area contributed by atoms with Crippen molar-refractivity contribution >= 4 is 10.0 Å². The van der Waals surface area contributed by atoms with Crippen molar-refractivity contribution in [1.29, 1.82) is 0 Å². The number of hydrogen-bond acceptors (Lipinski definition) is 3. The quantitative estimate of drug-likeness (QED) is 0.632. The first-order valence-electron chi connectivity index (χ1n) is 3.77. The number of nitrogens with two attached hydrogens (primary N) is 1. The third-order valence-corrected chi connectivity index (χ3v) is 3.38. The van der Waals surface area contributed by atoms with E-state index in [4.69, 9.17) is 5.14 Å². The molecule has 1 rings (SSSR count). The fraction of sp³-hybridized carbons (Fsp3) is 1.00. The monoisotopic (exact) mass is 178 g/mol. The van der Waals surface area contributed by atoms with Gasteiger partial charge in [-0.2, -0.15) is 0 Å². The van der Waals surface area contributed by atoms with Crippen LogP contribution in [0.3, 0.4) is 0 Å². The molecule has 0 aromatic heterocycles. The molecule has 1 fully saturated rings. The third kappa shape index (κ3) is 2.15. The van der Waals surface area contributed by atoms with Crippen LogP contribution in [0.1, 0.15) is 19.8 Å². The number of primary sulfonamides is 1. The van der Waals surface area contributed by atoms with Crippen molar-refractivity contribution in [3.8, 4) is 0 Å². The molecule has 1 heterocycles. The van der Waals surface area contributed by atoms with Crippen molar-refractivity contribution in [2.75, 3.05) is 13.1 Å². The van der Waals surface area contributed by atoms with Crippen LogP contribution >= 0.6 is 0 Å². The predicted octanol–water partition coefficient (Wildman–Crippen LogP) is -0.283. The van der Waals surface area contributed by atoms with Crippen molar-refractivity contribution in [3.63, 3.8) is 0 Å². The first-order valence-corrected chi connectivity index (χ1v) is 5.38. The summed E-state index contributed by atoms with van der Waals surface area (Å²) in [4.78, 5) is 1.90. The number of rotatable bonds is 2. The molecule has 1 aliphatic rings. The fourth-order valence-electron chi connectivity index (χ4n) is 1.31. The highest BCUT2D eigenvalue weighted by Crippen LogP contribution is 2.13. The van der Waals surface area contributed by atoms with Gasteiger partial charge in [0.2, 0.25) is 10.0 Å². The Morgan fingerprint density at radius 2 is 1.82 bits per heavy atom. The molecule has 1 aliphatic heterocycles. The Labute approximate surface area is 67.4 Å². The average Bonchev–Trinajstić information content (AvgIpc) is 2.34. The van der Waals surface area contributed by atoms with Crippen LogP contribution in [-0.2, 0) is 10.0 Å². The van der Waals surface area contributed by atoms with Crippen LogP contribution in [-0.4, -0.2) is 31.8 Å². The molecular formula is C6H14N2O2S. The van der Waals surface area contributed by atoms with Gasteiger partial charge in [0.05, 0.1) is 0 Å². The summed E-state index contributed by atoms with van der Waals surface area (Å²) in [7, 11) is -3.36. The second kappa shape index (κ2) is 3.08. The molecule has 66 valence electrons. The summed E-state index contributed by atoms with van der Waals surface area (Å²) in [6.07, 6.45) is 2.17. The van der Waals surface area contributed by atoms with Gasteiger partial charge in [-0.25, -0.2) is 13.6 Å². The lowest BCUT2D eigenvalue weighted by atomic mass is 10.4. The van der Waals surface area contributed by atoms with Gasteiger partial charge in [-0.05, 0) is 32.9 Å². The standard InChI is InChI=1S/C6H14N2O2S/c1-6(11(7,9)10)8-4-2-3-5-8/h6H,2-5H2,1H3,(H2,7,9,10). The summed E-state index contributed by atoms with van der Waals surface area (Å²) in [6, 6.07) is 0. The van der Waals surface area contributed by atoms with E-state index in [9.17, 15) is 8.42 Å². The Morgan fingerprint density at radius 3 is 2.18 bits per heavy atom. The Morgan fingerprint density at radius 1 is 1.36 bits per heavy atom. The van der Waals surface area contributed by atoms with E-state index < -0.39 is 15.4 Å². The number of nitrogens with zero attached hydrogens (tertiary/aromatic N) is 1. The molecule has 0 aliphatic carbocycles. The summed E-state index contributed by atoms with van der Waals surface area (Å²) < 4.78 is 21.7. The number of hydrogen-bond donors (Lipinski definition) is 1. The zero-order chi connectivity index (χ0) is 8.48. The second-order valence-corrected chi connectivity index (χ2v) is 4.79. The van der Waals surface area contributed by atoms with E-state index in [1.807, 2.05) is 4.90 Å². The van der Waals surface area contributed by atoms with Gasteiger partial charge < -0.3 is 0 Å². The summed E-state index contributed by atoms with van der Waals surface area (Å²) >= 11 is 0. The maximum Gasteiger partial charge on any atom is 0.225 e. The summed E-state index contributed by atoms with van der Waals surface area (Å²) in [6.45, 7) is 3.36. The Hall–Kier alpha value is -0.130. The van der Waals surface area contributed by atoms with Crippen LogP contribution < -0.4 is 5.14 Å². The zero-order valence-corrected chi connectivity index (χ0v) is 7.47. The molecule has 4 nitrogen and oxygen atoms in total. The van der Waals surface area contributed by atoms with Crippen molar-refractivity contribution in [1.82, 2.24) is 4.90 Å². The highest BCUT2D eigenvalue weighted by Gasteiger charge is 2.25. The second-order valence-electron chi connectivity index (χ2n) is 2.93. The van der Waals surface area contributed by atoms with Gasteiger partial charge in [0, 0.05) is 0 Å². The molecule has 2 N–H and O–H groups in total. The van der Waals surface area contributed by atoms with Gasteiger partial charge in [-0.3, -0.25) is 4.90 Å². The number of likely N-dealkylation sites (tertiary alicyclic amines) is 1. The highest BCUT2D eigenvalue weighted by molar-refractivity contribution is 7.89. The topological polar surface area (TPSA) is 63.4 Å². The van der Waals surface area contributed by atoms with Gasteiger partial charge in [-0.1, -0.05) is 0 Å². The molecule has 1 atom stereocenters. The molecule has 0 aromatic rings. The van der Waals surface area contributed by atoms with E-state index in [1.54, 1.807) is 6.92 Å². The van der Waals surface area contributed by atoms with Gasteiger partial charge in [-0.15, -0.1) is 0 Å². The normalized spacial score (nSPS) is 23.8. The maximum atomic E-state index is 10.9. The van der Waals surface area contributed by atoms with Crippen LogP contribution in [0.2, 0.25) is 0 Å². The molecule has 0 bridgehead atoms. The fourth-order valence-corrected chi connectivity index (χ4v) is 1.94. The van der Waals surface area contributed by atoms with Crippen molar-refractivity contribution in [3.05, 3.63) is 0 Å². The summed E-state index contributed by atoms with van der Waals surface area (Å²) in [5.41, 5.74) is 0. The maximum absolute atomic E-state index is 10.9. The van der Waals surface area contributed by atoms with Crippen molar-refractivity contribution < 1.29 is 8.42 Å². The first-order chi connectivity index (χ1) is 5.02. The minimum absolute atomic E-state index is 0.509. The van der Waals surface area contributed by atoms with Crippen LogP contribution in [0, 0.1) is 0 Å². The smallest absolute Gasteiger partial charge is 0.225 e. The van der Waals surface area contributed by atoms with Crippen LogP contribution in [0.4, 0.5) is 0 Å². The zero-order valence-electron chi connectivity index (χ0n) is 6.66. The van der Waals surface area contributed by atoms with Crippen LogP contribution in [0.25, 0.3) is 0 Å². The Bertz CT molecular complexity index is 219. The van der Waals surface area contributed by atoms with Gasteiger partial charge in [0.15, 0.2) is 0 Å². The van der Waals surface area contributed by atoms with E-state index in [2.05, 4.69) is 0 Å². The molecule has 1 unspecified atom stereocenters. The average molecular weight is 178 g/mol. The van der Waals surface area contributed by atoms with E-state index in [0.29, 0.717) is 0 Å². The van der Waals surface area contributed by atoms with Crippen molar-refractivity contribution in [2.24, 2.45) is 5.14 Å². The SMILES string of the molecule is CC(N1CCCC1)S(N)(=O)=O. The lowest BCUT2D eigenvalue weighted by molar-refractivity contribution is 0.318. The highest BCUT2D eigenvalue weighted by atomic mass is 32.2. The van der Waals surface area contributed by atoms with Crippen molar-refractivity contribution in [2.45, 2.75) is 25.1 Å². The minimum atomic E-state index is -3.36. The van der Waals surface area contributed by atoms with Crippen LogP contribution in [0.5, 0.6) is 0 Å². The molecule has 1 saturated heterocycles. The lowest BCUT2D eigenvalue weighted by Crippen LogP contribution is -2.40. The summed E-state index contributed by atoms with van der Waals surface area (Å²) in [5, 5.41) is 4.48.